The zero-order chi connectivity index (χ0) is 21.5. The van der Waals surface area contributed by atoms with Gasteiger partial charge in [-0.25, -0.2) is 8.78 Å². The lowest BCUT2D eigenvalue weighted by Gasteiger charge is -2.39. The van der Waals surface area contributed by atoms with Crippen LogP contribution in [0.3, 0.4) is 0 Å². The Morgan fingerprint density at radius 1 is 1.43 bits per heavy atom. The summed E-state index contributed by atoms with van der Waals surface area (Å²) in [6.45, 7) is 2.02. The van der Waals surface area contributed by atoms with E-state index in [0.717, 1.165) is 18.5 Å². The fourth-order valence-electron chi connectivity index (χ4n) is 4.84. The van der Waals surface area contributed by atoms with Gasteiger partial charge in [0.15, 0.2) is 0 Å². The molecule has 4 rings (SSSR count). The zero-order valence-corrected chi connectivity index (χ0v) is 17.6. The molecule has 0 aromatic heterocycles. The molecule has 1 amide bonds. The van der Waals surface area contributed by atoms with E-state index >= 15 is 0 Å². The molecule has 2 fully saturated rings. The van der Waals surface area contributed by atoms with Crippen molar-refractivity contribution in [3.8, 4) is 0 Å². The summed E-state index contributed by atoms with van der Waals surface area (Å²) in [5.41, 5.74) is 0.176. The smallest absolute Gasteiger partial charge is 0.250 e. The molecule has 5 atom stereocenters. The standard InChI is InChI=1S/C21H26ClF2N3O3/c1-13-10-20(26-29,7-8-21(13,23)24)12-25-19(28)14-11-27(17-6-3-9-30-17)16-5-2-4-15(22)18(14)16/h2,4-5,11,13,15,17-18H,3,6-10,12H2,1H3,(H,25,28)/t13?,15-,17?,18?,20?/m1/s1. The lowest BCUT2D eigenvalue weighted by Crippen LogP contribution is -2.49. The number of ether oxygens (including phenoxy) is 1. The second-order valence-corrected chi connectivity index (χ2v) is 9.23. The van der Waals surface area contributed by atoms with E-state index in [4.69, 9.17) is 16.3 Å². The molecule has 4 aliphatic rings. The van der Waals surface area contributed by atoms with Crippen molar-refractivity contribution in [1.29, 1.82) is 0 Å². The molecule has 1 saturated heterocycles. The van der Waals surface area contributed by atoms with Crippen LogP contribution in [0.4, 0.5) is 8.78 Å². The predicted octanol–water partition coefficient (Wildman–Crippen LogP) is 4.08. The second-order valence-electron chi connectivity index (χ2n) is 8.72. The Morgan fingerprint density at radius 2 is 2.23 bits per heavy atom. The number of carbonyl (C=O) groups excluding carboxylic acids is 1. The first-order valence-corrected chi connectivity index (χ1v) is 10.8. The number of rotatable bonds is 5. The number of alkyl halides is 3. The summed E-state index contributed by atoms with van der Waals surface area (Å²) in [5.74, 6) is -4.46. The number of amides is 1. The van der Waals surface area contributed by atoms with Crippen LogP contribution in [0, 0.1) is 16.7 Å². The summed E-state index contributed by atoms with van der Waals surface area (Å²) >= 11 is 6.51. The largest absolute Gasteiger partial charge is 0.358 e. The van der Waals surface area contributed by atoms with Gasteiger partial charge in [-0.15, -0.1) is 11.6 Å². The average molecular weight is 442 g/mol. The highest BCUT2D eigenvalue weighted by molar-refractivity contribution is 6.23. The first-order valence-electron chi connectivity index (χ1n) is 10.4. The lowest BCUT2D eigenvalue weighted by molar-refractivity contribution is -0.119. The molecule has 0 aromatic carbocycles. The van der Waals surface area contributed by atoms with Crippen molar-refractivity contribution in [3.63, 3.8) is 0 Å². The maximum atomic E-state index is 13.9. The van der Waals surface area contributed by atoms with Crippen LogP contribution in [0.1, 0.15) is 39.0 Å². The van der Waals surface area contributed by atoms with Gasteiger partial charge in [-0.05, 0) is 31.8 Å². The number of nitrogens with zero attached hydrogens (tertiary/aromatic N) is 2. The lowest BCUT2D eigenvalue weighted by atomic mass is 9.74. The van der Waals surface area contributed by atoms with Crippen LogP contribution in [-0.2, 0) is 9.53 Å². The van der Waals surface area contributed by atoms with E-state index < -0.39 is 23.8 Å². The van der Waals surface area contributed by atoms with E-state index in [2.05, 4.69) is 10.5 Å². The maximum Gasteiger partial charge on any atom is 0.250 e. The summed E-state index contributed by atoms with van der Waals surface area (Å²) in [6.07, 6.45) is 8.56. The molecule has 4 unspecified atom stereocenters. The molecule has 0 spiro atoms. The molecule has 0 bridgehead atoms. The van der Waals surface area contributed by atoms with Gasteiger partial charge < -0.3 is 15.0 Å². The summed E-state index contributed by atoms with van der Waals surface area (Å²) in [5, 5.41) is 5.56. The van der Waals surface area contributed by atoms with Gasteiger partial charge in [-0.1, -0.05) is 24.3 Å². The third-order valence-corrected chi connectivity index (χ3v) is 7.09. The highest BCUT2D eigenvalue weighted by atomic mass is 35.5. The Kier molecular flexibility index (Phi) is 5.74. The average Bonchev–Trinajstić information content (AvgIpc) is 3.37. The van der Waals surface area contributed by atoms with Crippen LogP contribution in [0.15, 0.2) is 40.9 Å². The minimum atomic E-state index is -2.81. The fraction of sp³-hybridized carbons (Fsp3) is 0.667. The first kappa shape index (κ1) is 21.4. The molecular weight excluding hydrogens is 416 g/mol. The third-order valence-electron chi connectivity index (χ3n) is 6.69. The molecular formula is C21H26ClF2N3O3. The predicted molar refractivity (Wildman–Crippen MR) is 109 cm³/mol. The van der Waals surface area contributed by atoms with Crippen molar-refractivity contribution in [3.05, 3.63) is 40.6 Å². The normalized spacial score (nSPS) is 37.4. The second kappa shape index (κ2) is 8.04. The van der Waals surface area contributed by atoms with Gasteiger partial charge in [0.05, 0.1) is 11.3 Å². The molecule has 1 N–H and O–H groups in total. The first-order chi connectivity index (χ1) is 14.3. The van der Waals surface area contributed by atoms with E-state index in [0.29, 0.717) is 12.2 Å². The topological polar surface area (TPSA) is 71.0 Å². The monoisotopic (exact) mass is 441 g/mol. The number of nitroso groups, excluding NO2 is 1. The van der Waals surface area contributed by atoms with E-state index in [1.807, 2.05) is 23.1 Å². The van der Waals surface area contributed by atoms with Gasteiger partial charge >= 0.3 is 0 Å². The molecule has 2 aliphatic carbocycles. The van der Waals surface area contributed by atoms with Gasteiger partial charge in [0.2, 0.25) is 5.91 Å². The van der Waals surface area contributed by atoms with Crippen molar-refractivity contribution in [1.82, 2.24) is 10.2 Å². The summed E-state index contributed by atoms with van der Waals surface area (Å²) in [6, 6.07) is 0. The molecule has 6 nitrogen and oxygen atoms in total. The third kappa shape index (κ3) is 3.80. The summed E-state index contributed by atoms with van der Waals surface area (Å²) in [7, 11) is 0. The SMILES string of the molecule is CC1CC(CNC(=O)C2=CN(C3CCCO3)C3=CC=C[C@@H](Cl)C23)(N=O)CCC1(F)F. The van der Waals surface area contributed by atoms with Crippen LogP contribution in [0.5, 0.6) is 0 Å². The Bertz CT molecular complexity index is 809. The number of hydrogen-bond acceptors (Lipinski definition) is 5. The van der Waals surface area contributed by atoms with Gasteiger partial charge in [0, 0.05) is 43.0 Å². The number of nitrogens with one attached hydrogen (secondary N) is 1. The number of allylic oxidation sites excluding steroid dienone is 4. The Morgan fingerprint density at radius 3 is 2.90 bits per heavy atom. The van der Waals surface area contributed by atoms with E-state index in [-0.39, 0.29) is 42.8 Å². The van der Waals surface area contributed by atoms with E-state index in [1.54, 1.807) is 6.20 Å². The molecule has 1 saturated carbocycles. The van der Waals surface area contributed by atoms with Crippen LogP contribution >= 0.6 is 11.6 Å². The van der Waals surface area contributed by atoms with Gasteiger partial charge in [-0.3, -0.25) is 4.79 Å². The van der Waals surface area contributed by atoms with Crippen molar-refractivity contribution in [2.24, 2.45) is 17.0 Å². The van der Waals surface area contributed by atoms with E-state index in [1.165, 1.54) is 6.92 Å². The molecule has 9 heteroatoms. The van der Waals surface area contributed by atoms with Crippen LogP contribution < -0.4 is 5.32 Å². The Hall–Kier alpha value is -1.80. The number of fused-ring (bicyclic) bond motifs is 1. The quantitative estimate of drug-likeness (QED) is 0.515. The fourth-order valence-corrected chi connectivity index (χ4v) is 5.19. The van der Waals surface area contributed by atoms with Crippen molar-refractivity contribution in [2.45, 2.75) is 62.1 Å². The van der Waals surface area contributed by atoms with Crippen LogP contribution in [0.2, 0.25) is 0 Å². The molecule has 0 aromatic rings. The van der Waals surface area contributed by atoms with Gasteiger partial charge in [-0.2, -0.15) is 4.91 Å². The number of halogens is 3. The van der Waals surface area contributed by atoms with Gasteiger partial charge in [0.1, 0.15) is 11.8 Å². The van der Waals surface area contributed by atoms with Gasteiger partial charge in [0.25, 0.3) is 5.92 Å². The molecule has 0 radical (unpaired) electrons. The molecule has 164 valence electrons. The molecule has 30 heavy (non-hydrogen) atoms. The molecule has 2 aliphatic heterocycles. The highest BCUT2D eigenvalue weighted by Crippen LogP contribution is 2.45. The molecule has 2 heterocycles. The number of hydrogen-bond donors (Lipinski definition) is 1. The summed E-state index contributed by atoms with van der Waals surface area (Å²) in [4.78, 5) is 26.6. The van der Waals surface area contributed by atoms with Crippen molar-refractivity contribution < 1.29 is 18.3 Å². The van der Waals surface area contributed by atoms with Crippen molar-refractivity contribution in [2.75, 3.05) is 13.2 Å². The van der Waals surface area contributed by atoms with Crippen molar-refractivity contribution >= 4 is 17.5 Å². The Labute approximate surface area is 179 Å². The Balaban J connectivity index is 1.49. The number of carbonyl (C=O) groups is 1. The zero-order valence-electron chi connectivity index (χ0n) is 16.8. The highest BCUT2D eigenvalue weighted by Gasteiger charge is 2.50. The van der Waals surface area contributed by atoms with Crippen LogP contribution in [0.25, 0.3) is 0 Å². The summed E-state index contributed by atoms with van der Waals surface area (Å²) < 4.78 is 33.5. The maximum absolute atomic E-state index is 13.9. The minimum absolute atomic E-state index is 0.0509. The van der Waals surface area contributed by atoms with E-state index in [9.17, 15) is 18.5 Å². The van der Waals surface area contributed by atoms with Crippen LogP contribution in [-0.4, -0.2) is 47.0 Å². The minimum Gasteiger partial charge on any atom is -0.358 e.